The first-order valence-electron chi connectivity index (χ1n) is 9.51. The summed E-state index contributed by atoms with van der Waals surface area (Å²) in [6.07, 6.45) is 14.7. The first-order chi connectivity index (χ1) is 10.1. The largest absolute Gasteiger partial charge is 0.389 e. The van der Waals surface area contributed by atoms with Crippen LogP contribution in [0.2, 0.25) is 0 Å². The second-order valence-electron chi connectivity index (χ2n) is 9.54. The molecule has 2 aliphatic heterocycles. The van der Waals surface area contributed by atoms with Gasteiger partial charge >= 0.3 is 0 Å². The highest BCUT2D eigenvalue weighted by molar-refractivity contribution is 5.14. The van der Waals surface area contributed by atoms with Crippen molar-refractivity contribution in [1.82, 2.24) is 4.90 Å². The van der Waals surface area contributed by atoms with Crippen molar-refractivity contribution in [3.05, 3.63) is 0 Å². The van der Waals surface area contributed by atoms with Crippen molar-refractivity contribution in [2.75, 3.05) is 7.05 Å². The molecule has 0 aromatic carbocycles. The first kappa shape index (κ1) is 13.4. The molecule has 1 N–H and O–H groups in total. The smallest absolute Gasteiger partial charge is 0.0733 e. The van der Waals surface area contributed by atoms with Gasteiger partial charge in [-0.2, -0.15) is 0 Å². The third kappa shape index (κ3) is 1.78. The first-order valence-corrected chi connectivity index (χ1v) is 9.51. The number of fused-ring (bicyclic) bond motifs is 2. The zero-order chi connectivity index (χ0) is 14.2. The second kappa shape index (κ2) is 4.26. The molecule has 0 amide bonds. The standard InChI is InChI=1S/C19H31NO/c1-20-16-3-2-4-17(20)12-19(21,11-16)18-8-13-5-14(9-18)7-15(6-13)10-18/h13-17,21H,2-12H2,1H3. The van der Waals surface area contributed by atoms with Gasteiger partial charge in [0.25, 0.3) is 0 Å². The number of hydrogen-bond donors (Lipinski definition) is 1. The molecule has 4 aliphatic carbocycles. The van der Waals surface area contributed by atoms with Crippen molar-refractivity contribution in [2.24, 2.45) is 23.2 Å². The number of rotatable bonds is 1. The number of aliphatic hydroxyl groups is 1. The minimum absolute atomic E-state index is 0.316. The van der Waals surface area contributed by atoms with Crippen molar-refractivity contribution >= 4 is 0 Å². The summed E-state index contributed by atoms with van der Waals surface area (Å²) in [6.45, 7) is 0. The Morgan fingerprint density at radius 1 is 0.810 bits per heavy atom. The molecular formula is C19H31NO. The number of piperidine rings is 2. The zero-order valence-electron chi connectivity index (χ0n) is 13.6. The summed E-state index contributed by atoms with van der Waals surface area (Å²) in [6, 6.07) is 1.33. The van der Waals surface area contributed by atoms with Gasteiger partial charge in [-0.25, -0.2) is 0 Å². The van der Waals surface area contributed by atoms with Gasteiger partial charge < -0.3 is 10.0 Å². The Balaban J connectivity index is 1.49. The van der Waals surface area contributed by atoms with Crippen LogP contribution in [0.15, 0.2) is 0 Å². The van der Waals surface area contributed by atoms with E-state index < -0.39 is 0 Å². The predicted molar refractivity (Wildman–Crippen MR) is 84.0 cm³/mol. The molecule has 6 rings (SSSR count). The van der Waals surface area contributed by atoms with E-state index in [-0.39, 0.29) is 5.60 Å². The van der Waals surface area contributed by atoms with Crippen LogP contribution < -0.4 is 0 Å². The topological polar surface area (TPSA) is 23.5 Å². The minimum atomic E-state index is -0.328. The molecular weight excluding hydrogens is 258 g/mol. The van der Waals surface area contributed by atoms with Crippen LogP contribution in [-0.2, 0) is 0 Å². The summed E-state index contributed by atoms with van der Waals surface area (Å²) in [4.78, 5) is 2.61. The maximum Gasteiger partial charge on any atom is 0.0733 e. The summed E-state index contributed by atoms with van der Waals surface area (Å²) in [5, 5.41) is 11.8. The molecule has 2 atom stereocenters. The van der Waals surface area contributed by atoms with E-state index in [2.05, 4.69) is 11.9 Å². The molecule has 6 fully saturated rings. The second-order valence-corrected chi connectivity index (χ2v) is 9.54. The van der Waals surface area contributed by atoms with Crippen LogP contribution in [0.25, 0.3) is 0 Å². The molecule has 6 bridgehead atoms. The summed E-state index contributed by atoms with van der Waals surface area (Å²) in [5.74, 6) is 2.87. The van der Waals surface area contributed by atoms with Gasteiger partial charge in [-0.1, -0.05) is 6.42 Å². The fourth-order valence-corrected chi connectivity index (χ4v) is 7.76. The van der Waals surface area contributed by atoms with E-state index >= 15 is 0 Å². The van der Waals surface area contributed by atoms with E-state index in [4.69, 9.17) is 0 Å². The molecule has 21 heavy (non-hydrogen) atoms. The summed E-state index contributed by atoms with van der Waals surface area (Å²) >= 11 is 0. The molecule has 0 radical (unpaired) electrons. The maximum atomic E-state index is 11.8. The lowest BCUT2D eigenvalue weighted by atomic mass is 9.43. The van der Waals surface area contributed by atoms with Crippen LogP contribution in [0.3, 0.4) is 0 Å². The number of nitrogens with zero attached hydrogens (tertiary/aromatic N) is 1. The van der Waals surface area contributed by atoms with Gasteiger partial charge in [0.1, 0.15) is 0 Å². The Morgan fingerprint density at radius 3 is 1.76 bits per heavy atom. The molecule has 0 aromatic heterocycles. The monoisotopic (exact) mass is 289 g/mol. The predicted octanol–water partition coefficient (Wildman–Crippen LogP) is 3.58. The molecule has 2 unspecified atom stereocenters. The fraction of sp³-hybridized carbons (Fsp3) is 1.00. The molecule has 0 spiro atoms. The summed E-state index contributed by atoms with van der Waals surface area (Å²) in [5.41, 5.74) is -0.0118. The van der Waals surface area contributed by atoms with Gasteiger partial charge in [0.05, 0.1) is 5.60 Å². The van der Waals surface area contributed by atoms with Crippen LogP contribution >= 0.6 is 0 Å². The molecule has 2 saturated heterocycles. The number of hydrogen-bond acceptors (Lipinski definition) is 2. The van der Waals surface area contributed by atoms with Gasteiger partial charge in [-0.05, 0) is 89.0 Å². The zero-order valence-corrected chi connectivity index (χ0v) is 13.6. The maximum absolute atomic E-state index is 11.8. The average Bonchev–Trinajstić information content (AvgIpc) is 2.39. The molecule has 2 heterocycles. The highest BCUT2D eigenvalue weighted by atomic mass is 16.3. The molecule has 2 heteroatoms. The van der Waals surface area contributed by atoms with Gasteiger partial charge in [0.2, 0.25) is 0 Å². The van der Waals surface area contributed by atoms with Gasteiger partial charge in [0, 0.05) is 17.5 Å². The highest BCUT2D eigenvalue weighted by Gasteiger charge is 2.62. The van der Waals surface area contributed by atoms with Crippen molar-refractivity contribution in [3.63, 3.8) is 0 Å². The van der Waals surface area contributed by atoms with Crippen LogP contribution in [0.1, 0.15) is 70.6 Å². The molecule has 6 aliphatic rings. The van der Waals surface area contributed by atoms with E-state index in [0.717, 1.165) is 30.6 Å². The van der Waals surface area contributed by atoms with Crippen LogP contribution in [0.4, 0.5) is 0 Å². The van der Waals surface area contributed by atoms with Gasteiger partial charge in [-0.15, -0.1) is 0 Å². The summed E-state index contributed by atoms with van der Waals surface area (Å²) in [7, 11) is 2.31. The van der Waals surface area contributed by atoms with E-state index in [1.165, 1.54) is 57.8 Å². The van der Waals surface area contributed by atoms with Crippen LogP contribution in [0, 0.1) is 23.2 Å². The van der Waals surface area contributed by atoms with Crippen molar-refractivity contribution in [1.29, 1.82) is 0 Å². The Hall–Kier alpha value is -0.0800. The van der Waals surface area contributed by atoms with E-state index in [1.54, 1.807) is 0 Å². The van der Waals surface area contributed by atoms with Gasteiger partial charge in [0.15, 0.2) is 0 Å². The highest BCUT2D eigenvalue weighted by Crippen LogP contribution is 2.66. The normalized spacial score (nSPS) is 59.4. The lowest BCUT2D eigenvalue weighted by Crippen LogP contribution is -2.65. The Kier molecular flexibility index (Phi) is 2.71. The third-order valence-corrected chi connectivity index (χ3v) is 8.40. The van der Waals surface area contributed by atoms with E-state index in [0.29, 0.717) is 17.5 Å². The fourth-order valence-electron chi connectivity index (χ4n) is 7.76. The molecule has 4 saturated carbocycles. The van der Waals surface area contributed by atoms with Crippen molar-refractivity contribution in [2.45, 2.75) is 88.3 Å². The molecule has 2 nitrogen and oxygen atoms in total. The average molecular weight is 289 g/mol. The lowest BCUT2D eigenvalue weighted by molar-refractivity contribution is -0.215. The SMILES string of the molecule is CN1C2CCCC1CC(O)(C13CC4CC(CC(C4)C1)C3)C2. The van der Waals surface area contributed by atoms with E-state index in [1.807, 2.05) is 0 Å². The van der Waals surface area contributed by atoms with Crippen LogP contribution in [-0.4, -0.2) is 34.7 Å². The quantitative estimate of drug-likeness (QED) is 0.797. The van der Waals surface area contributed by atoms with Crippen LogP contribution in [0.5, 0.6) is 0 Å². The van der Waals surface area contributed by atoms with E-state index in [9.17, 15) is 5.11 Å². The van der Waals surface area contributed by atoms with Crippen molar-refractivity contribution < 1.29 is 5.11 Å². The van der Waals surface area contributed by atoms with Crippen molar-refractivity contribution in [3.8, 4) is 0 Å². The Morgan fingerprint density at radius 2 is 1.29 bits per heavy atom. The third-order valence-electron chi connectivity index (χ3n) is 8.40. The minimum Gasteiger partial charge on any atom is -0.389 e. The molecule has 118 valence electrons. The van der Waals surface area contributed by atoms with Gasteiger partial charge in [-0.3, -0.25) is 0 Å². The summed E-state index contributed by atoms with van der Waals surface area (Å²) < 4.78 is 0. The molecule has 0 aromatic rings. The lowest BCUT2D eigenvalue weighted by Gasteiger charge is -2.65. The Labute approximate surface area is 129 Å². The Bertz CT molecular complexity index is 396.